The first kappa shape index (κ1) is 36.4. The van der Waals surface area contributed by atoms with E-state index >= 15 is 0 Å². The summed E-state index contributed by atoms with van der Waals surface area (Å²) in [5.74, 6) is 0. The van der Waals surface area contributed by atoms with Crippen LogP contribution < -0.4 is 4.90 Å². The predicted molar refractivity (Wildman–Crippen MR) is 260 cm³/mol. The van der Waals surface area contributed by atoms with E-state index in [4.69, 9.17) is 4.42 Å². The third kappa shape index (κ3) is 5.36. The standard InChI is InChI=1S/C60H45NO/c1-59(2)50-27-9-5-21-44(50)49-37-39(33-34-52(49)59)38-17-13-19-41(35-38)61(42-20-14-18-40(36-42)43-25-16-32-56-58(43)48-24-8-12-31-55(48)62-56)54-30-11-7-22-45(54)46-26-15-29-53-57(46)47-23-6-10-28-51(47)60(53,3)4/h5-37H,1-4H3. The molecular formula is C60H45NO. The van der Waals surface area contributed by atoms with E-state index in [1.807, 2.05) is 6.07 Å². The second-order valence-corrected chi connectivity index (χ2v) is 18.1. The molecule has 1 aromatic heterocycles. The Bertz CT molecular complexity index is 3430. The summed E-state index contributed by atoms with van der Waals surface area (Å²) in [6.45, 7) is 9.41. The third-order valence-corrected chi connectivity index (χ3v) is 13.9. The van der Waals surface area contributed by atoms with Crippen molar-refractivity contribution in [3.8, 4) is 55.6 Å². The monoisotopic (exact) mass is 795 g/mol. The Hall–Kier alpha value is -7.42. The molecule has 0 spiro atoms. The van der Waals surface area contributed by atoms with Crippen molar-refractivity contribution >= 4 is 39.0 Å². The number of hydrogen-bond donors (Lipinski definition) is 0. The van der Waals surface area contributed by atoms with Gasteiger partial charge < -0.3 is 9.32 Å². The van der Waals surface area contributed by atoms with Gasteiger partial charge >= 0.3 is 0 Å². The van der Waals surface area contributed by atoms with Crippen LogP contribution in [0.2, 0.25) is 0 Å². The van der Waals surface area contributed by atoms with Crippen LogP contribution in [0.3, 0.4) is 0 Å². The van der Waals surface area contributed by atoms with E-state index < -0.39 is 0 Å². The molecule has 0 amide bonds. The topological polar surface area (TPSA) is 16.4 Å². The van der Waals surface area contributed by atoms with Crippen molar-refractivity contribution < 1.29 is 4.42 Å². The van der Waals surface area contributed by atoms with E-state index in [-0.39, 0.29) is 10.8 Å². The summed E-state index contributed by atoms with van der Waals surface area (Å²) >= 11 is 0. The average molecular weight is 796 g/mol. The van der Waals surface area contributed by atoms with Crippen LogP contribution in [0.5, 0.6) is 0 Å². The molecular weight excluding hydrogens is 751 g/mol. The molecule has 0 bridgehead atoms. The SMILES string of the molecule is CC1(C)c2ccccc2-c2cc(-c3cccc(N(c4cccc(-c5cccc6oc7ccccc7c56)c4)c4ccccc4-c4cccc5c4-c4ccccc4C5(C)C)c3)ccc21. The van der Waals surface area contributed by atoms with Crippen LogP contribution in [-0.4, -0.2) is 0 Å². The van der Waals surface area contributed by atoms with Gasteiger partial charge in [0.05, 0.1) is 5.69 Å². The summed E-state index contributed by atoms with van der Waals surface area (Å²) in [6, 6.07) is 73.7. The van der Waals surface area contributed by atoms with Crippen LogP contribution in [0.1, 0.15) is 49.9 Å². The summed E-state index contributed by atoms with van der Waals surface area (Å²) in [4.78, 5) is 2.47. The number of anilines is 3. The maximum absolute atomic E-state index is 6.38. The van der Waals surface area contributed by atoms with Crippen molar-refractivity contribution in [1.82, 2.24) is 0 Å². The highest BCUT2D eigenvalue weighted by molar-refractivity contribution is 6.12. The van der Waals surface area contributed by atoms with Crippen molar-refractivity contribution in [2.75, 3.05) is 4.90 Å². The van der Waals surface area contributed by atoms with E-state index in [0.29, 0.717) is 0 Å². The van der Waals surface area contributed by atoms with Crippen molar-refractivity contribution in [1.29, 1.82) is 0 Å². The average Bonchev–Trinajstić information content (AvgIpc) is 3.89. The zero-order valence-corrected chi connectivity index (χ0v) is 35.4. The van der Waals surface area contributed by atoms with Crippen LogP contribution in [0, 0.1) is 0 Å². The zero-order valence-electron chi connectivity index (χ0n) is 35.4. The zero-order chi connectivity index (χ0) is 41.7. The van der Waals surface area contributed by atoms with Crippen molar-refractivity contribution in [2.24, 2.45) is 0 Å². The minimum absolute atomic E-state index is 0.0434. The molecule has 0 radical (unpaired) electrons. The van der Waals surface area contributed by atoms with Gasteiger partial charge in [-0.15, -0.1) is 0 Å². The first-order valence-electron chi connectivity index (χ1n) is 21.8. The van der Waals surface area contributed by atoms with Crippen molar-refractivity contribution in [2.45, 2.75) is 38.5 Å². The highest BCUT2D eigenvalue weighted by Gasteiger charge is 2.38. The molecule has 12 rings (SSSR count). The molecule has 2 aliphatic carbocycles. The smallest absolute Gasteiger partial charge is 0.136 e. The summed E-state index contributed by atoms with van der Waals surface area (Å²) in [7, 11) is 0. The summed E-state index contributed by atoms with van der Waals surface area (Å²) in [6.07, 6.45) is 0. The highest BCUT2D eigenvalue weighted by Crippen LogP contribution is 2.54. The van der Waals surface area contributed by atoms with Gasteiger partial charge in [0.1, 0.15) is 11.2 Å². The number of nitrogens with zero attached hydrogens (tertiary/aromatic N) is 1. The molecule has 0 atom stereocenters. The molecule has 2 nitrogen and oxygen atoms in total. The molecule has 10 aromatic rings. The Morgan fingerprint density at radius 2 is 0.887 bits per heavy atom. The number of hydrogen-bond acceptors (Lipinski definition) is 2. The van der Waals surface area contributed by atoms with E-state index in [9.17, 15) is 0 Å². The highest BCUT2D eigenvalue weighted by atomic mass is 16.3. The molecule has 0 aliphatic heterocycles. The Balaban J connectivity index is 1.07. The molecule has 296 valence electrons. The molecule has 9 aromatic carbocycles. The van der Waals surface area contributed by atoms with Crippen LogP contribution in [0.4, 0.5) is 17.1 Å². The normalized spacial score (nSPS) is 14.1. The predicted octanol–water partition coefficient (Wildman–Crippen LogP) is 16.7. The van der Waals surface area contributed by atoms with Gasteiger partial charge in [0.15, 0.2) is 0 Å². The number of para-hydroxylation sites is 2. The Labute approximate surface area is 363 Å². The second kappa shape index (κ2) is 13.5. The Morgan fingerprint density at radius 1 is 0.355 bits per heavy atom. The number of furan rings is 1. The third-order valence-electron chi connectivity index (χ3n) is 13.9. The van der Waals surface area contributed by atoms with Gasteiger partial charge in [-0.2, -0.15) is 0 Å². The van der Waals surface area contributed by atoms with E-state index in [0.717, 1.165) is 50.1 Å². The van der Waals surface area contributed by atoms with Crippen molar-refractivity contribution in [3.05, 3.63) is 222 Å². The van der Waals surface area contributed by atoms with Crippen LogP contribution >= 0.6 is 0 Å². The first-order valence-corrected chi connectivity index (χ1v) is 21.8. The van der Waals surface area contributed by atoms with Crippen LogP contribution in [0.25, 0.3) is 77.6 Å². The van der Waals surface area contributed by atoms with Gasteiger partial charge in [-0.3, -0.25) is 0 Å². The van der Waals surface area contributed by atoms with Gasteiger partial charge in [-0.1, -0.05) is 179 Å². The largest absolute Gasteiger partial charge is 0.456 e. The molecule has 2 aliphatic rings. The molecule has 1 heterocycles. The second-order valence-electron chi connectivity index (χ2n) is 18.1. The summed E-state index contributed by atoms with van der Waals surface area (Å²) in [5.41, 5.74) is 22.8. The minimum Gasteiger partial charge on any atom is -0.456 e. The lowest BCUT2D eigenvalue weighted by atomic mass is 9.82. The van der Waals surface area contributed by atoms with E-state index in [1.165, 1.54) is 66.8 Å². The minimum atomic E-state index is -0.108. The fourth-order valence-electron chi connectivity index (χ4n) is 10.9. The van der Waals surface area contributed by atoms with Crippen LogP contribution in [0.15, 0.2) is 205 Å². The summed E-state index contributed by atoms with van der Waals surface area (Å²) in [5, 5.41) is 2.26. The summed E-state index contributed by atoms with van der Waals surface area (Å²) < 4.78 is 6.38. The lowest BCUT2D eigenvalue weighted by molar-refractivity contribution is 0.660. The van der Waals surface area contributed by atoms with Gasteiger partial charge in [-0.25, -0.2) is 0 Å². The van der Waals surface area contributed by atoms with E-state index in [1.54, 1.807) is 0 Å². The first-order chi connectivity index (χ1) is 30.3. The fourth-order valence-corrected chi connectivity index (χ4v) is 10.9. The lowest BCUT2D eigenvalue weighted by Gasteiger charge is -2.29. The molecule has 0 unspecified atom stereocenters. The van der Waals surface area contributed by atoms with Crippen LogP contribution in [-0.2, 0) is 10.8 Å². The van der Waals surface area contributed by atoms with Gasteiger partial charge in [0.25, 0.3) is 0 Å². The molecule has 0 N–H and O–H groups in total. The maximum atomic E-state index is 6.38. The van der Waals surface area contributed by atoms with Gasteiger partial charge in [0.2, 0.25) is 0 Å². The Kier molecular flexibility index (Phi) is 7.96. The van der Waals surface area contributed by atoms with Gasteiger partial charge in [-0.05, 0) is 121 Å². The molecule has 62 heavy (non-hydrogen) atoms. The number of fused-ring (bicyclic) bond motifs is 9. The fraction of sp³-hybridized carbons (Fsp3) is 0.100. The van der Waals surface area contributed by atoms with Gasteiger partial charge in [0, 0.05) is 38.5 Å². The maximum Gasteiger partial charge on any atom is 0.136 e. The van der Waals surface area contributed by atoms with E-state index in [2.05, 4.69) is 227 Å². The molecule has 0 fully saturated rings. The molecule has 0 saturated carbocycles. The number of rotatable bonds is 6. The molecule has 2 heteroatoms. The molecule has 0 saturated heterocycles. The quantitative estimate of drug-likeness (QED) is 0.167. The number of benzene rings is 9. The van der Waals surface area contributed by atoms with Crippen molar-refractivity contribution in [3.63, 3.8) is 0 Å². The lowest BCUT2D eigenvalue weighted by Crippen LogP contribution is -2.15. The Morgan fingerprint density at radius 3 is 1.71 bits per heavy atom.